The third-order valence-corrected chi connectivity index (χ3v) is 3.40. The highest BCUT2D eigenvalue weighted by Gasteiger charge is 2.33. The van der Waals surface area contributed by atoms with Gasteiger partial charge >= 0.3 is 0 Å². The summed E-state index contributed by atoms with van der Waals surface area (Å²) in [6, 6.07) is 5.37. The molecule has 0 spiro atoms. The Morgan fingerprint density at radius 1 is 1.44 bits per heavy atom. The lowest BCUT2D eigenvalue weighted by molar-refractivity contribution is -0.123. The molecule has 1 saturated heterocycles. The number of rotatable bonds is 0. The fourth-order valence-electron chi connectivity index (χ4n) is 2.61. The van der Waals surface area contributed by atoms with Crippen molar-refractivity contribution in [1.82, 2.24) is 5.32 Å². The summed E-state index contributed by atoms with van der Waals surface area (Å²) in [5.74, 6) is 0.380. The lowest BCUT2D eigenvalue weighted by Gasteiger charge is -2.41. The van der Waals surface area contributed by atoms with E-state index < -0.39 is 0 Å². The van der Waals surface area contributed by atoms with Crippen molar-refractivity contribution >= 4 is 11.6 Å². The summed E-state index contributed by atoms with van der Waals surface area (Å²) in [6.07, 6.45) is 1.77. The number of piperazine rings is 1. The Morgan fingerprint density at radius 3 is 3.19 bits per heavy atom. The van der Waals surface area contributed by atoms with Gasteiger partial charge in [0.15, 0.2) is 0 Å². The normalized spacial score (nSPS) is 23.4. The zero-order valence-corrected chi connectivity index (χ0v) is 8.94. The molecule has 1 fully saturated rings. The van der Waals surface area contributed by atoms with Crippen LogP contribution in [0.15, 0.2) is 18.2 Å². The van der Waals surface area contributed by atoms with Crippen molar-refractivity contribution in [3.05, 3.63) is 23.8 Å². The molecule has 0 saturated carbocycles. The summed E-state index contributed by atoms with van der Waals surface area (Å²) in [4.78, 5) is 13.8. The highest BCUT2D eigenvalue weighted by Crippen LogP contribution is 2.34. The minimum Gasteiger partial charge on any atom is -0.508 e. The van der Waals surface area contributed by atoms with Crippen LogP contribution >= 0.6 is 0 Å². The minimum absolute atomic E-state index is 0.0527. The Kier molecular flexibility index (Phi) is 2.02. The van der Waals surface area contributed by atoms with Crippen LogP contribution in [0.4, 0.5) is 5.69 Å². The number of benzene rings is 1. The monoisotopic (exact) mass is 218 g/mol. The molecule has 16 heavy (non-hydrogen) atoms. The van der Waals surface area contributed by atoms with Crippen LogP contribution in [0, 0.1) is 0 Å². The van der Waals surface area contributed by atoms with Gasteiger partial charge in [0, 0.05) is 24.8 Å². The van der Waals surface area contributed by atoms with Gasteiger partial charge in [0.25, 0.3) is 0 Å². The van der Waals surface area contributed by atoms with Gasteiger partial charge in [0.1, 0.15) is 11.8 Å². The van der Waals surface area contributed by atoms with Gasteiger partial charge in [0.2, 0.25) is 5.91 Å². The van der Waals surface area contributed by atoms with Crippen LogP contribution in [0.5, 0.6) is 5.75 Å². The number of aromatic hydroxyl groups is 1. The van der Waals surface area contributed by atoms with Crippen molar-refractivity contribution in [3.8, 4) is 5.75 Å². The van der Waals surface area contributed by atoms with E-state index in [9.17, 15) is 9.90 Å². The lowest BCUT2D eigenvalue weighted by Crippen LogP contribution is -2.57. The number of carbonyl (C=O) groups excluding carboxylic acids is 1. The molecule has 2 heterocycles. The predicted octanol–water partition coefficient (Wildman–Crippen LogP) is 0.643. The van der Waals surface area contributed by atoms with Gasteiger partial charge in [-0.25, -0.2) is 0 Å². The molecule has 2 aliphatic rings. The molecule has 0 radical (unpaired) electrons. The molecule has 0 aromatic heterocycles. The molecular weight excluding hydrogens is 204 g/mol. The van der Waals surface area contributed by atoms with E-state index in [1.54, 1.807) is 12.1 Å². The van der Waals surface area contributed by atoms with Gasteiger partial charge in [-0.1, -0.05) is 6.07 Å². The number of anilines is 1. The molecule has 4 nitrogen and oxygen atoms in total. The molecule has 4 heteroatoms. The number of nitrogens with zero attached hydrogens (tertiary/aromatic N) is 1. The van der Waals surface area contributed by atoms with Gasteiger partial charge in [-0.15, -0.1) is 0 Å². The smallest absolute Gasteiger partial charge is 0.242 e. The van der Waals surface area contributed by atoms with Crippen LogP contribution in [0.25, 0.3) is 0 Å². The molecular formula is C12H14N2O2. The quantitative estimate of drug-likeness (QED) is 0.672. The highest BCUT2D eigenvalue weighted by atomic mass is 16.3. The Hall–Kier alpha value is -1.71. The van der Waals surface area contributed by atoms with Crippen molar-refractivity contribution in [2.75, 3.05) is 18.0 Å². The Morgan fingerprint density at radius 2 is 2.31 bits per heavy atom. The largest absolute Gasteiger partial charge is 0.508 e. The number of phenolic OH excluding ortho intramolecular Hbond substituents is 1. The van der Waals surface area contributed by atoms with E-state index in [0.29, 0.717) is 6.54 Å². The third kappa shape index (κ3) is 1.33. The summed E-state index contributed by atoms with van der Waals surface area (Å²) in [5.41, 5.74) is 2.25. The summed E-state index contributed by atoms with van der Waals surface area (Å²) in [6.45, 7) is 1.51. The molecule has 1 unspecified atom stereocenters. The van der Waals surface area contributed by atoms with Crippen LogP contribution in [0.1, 0.15) is 12.0 Å². The average Bonchev–Trinajstić information content (AvgIpc) is 2.29. The first-order valence-electron chi connectivity index (χ1n) is 5.62. The first kappa shape index (κ1) is 9.51. The van der Waals surface area contributed by atoms with Crippen molar-refractivity contribution in [2.45, 2.75) is 18.9 Å². The molecule has 2 N–H and O–H groups in total. The van der Waals surface area contributed by atoms with E-state index in [1.807, 2.05) is 6.07 Å². The minimum atomic E-state index is -0.0527. The summed E-state index contributed by atoms with van der Waals surface area (Å²) >= 11 is 0. The molecule has 1 aromatic carbocycles. The summed E-state index contributed by atoms with van der Waals surface area (Å²) in [5, 5.41) is 12.4. The molecule has 2 aliphatic heterocycles. The van der Waals surface area contributed by atoms with Crippen LogP contribution in [-0.4, -0.2) is 30.1 Å². The topological polar surface area (TPSA) is 52.6 Å². The zero-order valence-electron chi connectivity index (χ0n) is 8.94. The number of amides is 1. The average molecular weight is 218 g/mol. The molecule has 84 valence electrons. The predicted molar refractivity (Wildman–Crippen MR) is 60.6 cm³/mol. The van der Waals surface area contributed by atoms with Gasteiger partial charge < -0.3 is 15.3 Å². The van der Waals surface area contributed by atoms with Crippen molar-refractivity contribution in [2.24, 2.45) is 0 Å². The van der Waals surface area contributed by atoms with E-state index in [2.05, 4.69) is 10.2 Å². The SMILES string of the molecule is O=C1NCCN2c3cc(O)ccc3CCC12. The number of fused-ring (bicyclic) bond motifs is 3. The Balaban J connectivity index is 2.04. The van der Waals surface area contributed by atoms with Gasteiger partial charge in [-0.05, 0) is 24.5 Å². The number of carbonyl (C=O) groups is 1. The number of hydrogen-bond acceptors (Lipinski definition) is 3. The van der Waals surface area contributed by atoms with Gasteiger partial charge in [-0.3, -0.25) is 4.79 Å². The van der Waals surface area contributed by atoms with E-state index in [0.717, 1.165) is 25.1 Å². The number of nitrogens with one attached hydrogen (secondary N) is 1. The fourth-order valence-corrected chi connectivity index (χ4v) is 2.61. The maximum Gasteiger partial charge on any atom is 0.242 e. The molecule has 1 amide bonds. The number of phenols is 1. The Bertz CT molecular complexity index is 445. The molecule has 0 bridgehead atoms. The summed E-state index contributed by atoms with van der Waals surface area (Å²) in [7, 11) is 0. The number of aryl methyl sites for hydroxylation is 1. The van der Waals surface area contributed by atoms with Crippen molar-refractivity contribution in [3.63, 3.8) is 0 Å². The third-order valence-electron chi connectivity index (χ3n) is 3.40. The molecule has 1 aromatic rings. The van der Waals surface area contributed by atoms with Gasteiger partial charge in [0.05, 0.1) is 0 Å². The van der Waals surface area contributed by atoms with Crippen LogP contribution in [0.2, 0.25) is 0 Å². The Labute approximate surface area is 93.9 Å². The summed E-state index contributed by atoms with van der Waals surface area (Å²) < 4.78 is 0. The van der Waals surface area contributed by atoms with Crippen molar-refractivity contribution < 1.29 is 9.90 Å². The van der Waals surface area contributed by atoms with Crippen LogP contribution in [0.3, 0.4) is 0 Å². The second kappa shape index (κ2) is 3.40. The molecule has 1 atom stereocenters. The zero-order chi connectivity index (χ0) is 11.1. The standard InChI is InChI=1S/C12H14N2O2/c15-9-3-1-8-2-4-10-12(16)13-5-6-14(10)11(8)7-9/h1,3,7,10,15H,2,4-6H2,(H,13,16). The van der Waals surface area contributed by atoms with E-state index in [4.69, 9.17) is 0 Å². The number of hydrogen-bond donors (Lipinski definition) is 2. The second-order valence-electron chi connectivity index (χ2n) is 4.35. The second-order valence-corrected chi connectivity index (χ2v) is 4.35. The van der Waals surface area contributed by atoms with Crippen LogP contribution < -0.4 is 10.2 Å². The molecule has 0 aliphatic carbocycles. The van der Waals surface area contributed by atoms with Crippen molar-refractivity contribution in [1.29, 1.82) is 0 Å². The van der Waals surface area contributed by atoms with E-state index in [1.165, 1.54) is 5.56 Å². The first-order chi connectivity index (χ1) is 7.75. The van der Waals surface area contributed by atoms with E-state index >= 15 is 0 Å². The maximum absolute atomic E-state index is 11.7. The van der Waals surface area contributed by atoms with Gasteiger partial charge in [-0.2, -0.15) is 0 Å². The fraction of sp³-hybridized carbons (Fsp3) is 0.417. The molecule has 3 rings (SSSR count). The first-order valence-corrected chi connectivity index (χ1v) is 5.62. The lowest BCUT2D eigenvalue weighted by atomic mass is 9.94. The van der Waals surface area contributed by atoms with E-state index in [-0.39, 0.29) is 17.7 Å². The van der Waals surface area contributed by atoms with Crippen LogP contribution in [-0.2, 0) is 11.2 Å². The highest BCUT2D eigenvalue weighted by molar-refractivity contribution is 5.87. The maximum atomic E-state index is 11.7.